The Hall–Kier alpha value is -0.840. The quantitative estimate of drug-likeness (QED) is 0.604. The maximum atomic E-state index is 11.0. The second kappa shape index (κ2) is 2.42. The summed E-state index contributed by atoms with van der Waals surface area (Å²) in [6.45, 7) is 1.57. The summed E-state index contributed by atoms with van der Waals surface area (Å²) < 4.78 is 22.9. The average Bonchev–Trinajstić information content (AvgIpc) is 2.38. The predicted octanol–water partition coefficient (Wildman–Crippen LogP) is -0.119. The first-order chi connectivity index (χ1) is 4.67. The Morgan fingerprint density at radius 1 is 1.70 bits per heavy atom. The largest absolute Gasteiger partial charge is 0.240 e. The van der Waals surface area contributed by atoms with Gasteiger partial charge in [-0.2, -0.15) is 0 Å². The van der Waals surface area contributed by atoms with Crippen LogP contribution in [0.4, 0.5) is 0 Å². The summed E-state index contributed by atoms with van der Waals surface area (Å²) in [7, 11) is -3.16. The molecule has 55 valence electrons. The first-order valence-corrected chi connectivity index (χ1v) is 4.42. The number of hydrogen-bond acceptors (Lipinski definition) is 3. The minimum absolute atomic E-state index is 0.0693. The van der Waals surface area contributed by atoms with E-state index >= 15 is 0 Å². The van der Waals surface area contributed by atoms with Crippen molar-refractivity contribution in [3.8, 4) is 0 Å². The topological polar surface area (TPSA) is 52.0 Å². The Morgan fingerprint density at radius 2 is 2.40 bits per heavy atom. The SMILES string of the molecule is CCS(=O)(=O)n1[c]ncc1. The molecule has 4 nitrogen and oxygen atoms in total. The summed E-state index contributed by atoms with van der Waals surface area (Å²) >= 11 is 0. The number of hydrogen-bond donors (Lipinski definition) is 0. The highest BCUT2D eigenvalue weighted by Gasteiger charge is 2.07. The minimum Gasteiger partial charge on any atom is -0.233 e. The van der Waals surface area contributed by atoms with E-state index in [4.69, 9.17) is 0 Å². The molecular weight excluding hydrogens is 152 g/mol. The van der Waals surface area contributed by atoms with Gasteiger partial charge in [-0.05, 0) is 6.92 Å². The van der Waals surface area contributed by atoms with Gasteiger partial charge in [0.1, 0.15) is 0 Å². The monoisotopic (exact) mass is 159 g/mol. The summed E-state index contributed by atoms with van der Waals surface area (Å²) in [4.78, 5) is 3.50. The van der Waals surface area contributed by atoms with Crippen molar-refractivity contribution < 1.29 is 8.42 Å². The van der Waals surface area contributed by atoms with Gasteiger partial charge in [0.2, 0.25) is 10.0 Å². The molecule has 0 aliphatic carbocycles. The predicted molar refractivity (Wildman–Crippen MR) is 35.9 cm³/mol. The van der Waals surface area contributed by atoms with Gasteiger partial charge in [0.25, 0.3) is 0 Å². The van der Waals surface area contributed by atoms with E-state index in [2.05, 4.69) is 11.3 Å². The Balaban J connectivity index is 3.09. The van der Waals surface area contributed by atoms with Crippen molar-refractivity contribution in [2.75, 3.05) is 5.75 Å². The highest BCUT2D eigenvalue weighted by Crippen LogP contribution is 1.93. The molecule has 0 spiro atoms. The summed E-state index contributed by atoms with van der Waals surface area (Å²) in [6, 6.07) is 0. The van der Waals surface area contributed by atoms with E-state index in [1.807, 2.05) is 0 Å². The Labute approximate surface area is 59.6 Å². The van der Waals surface area contributed by atoms with Gasteiger partial charge in [-0.25, -0.2) is 17.4 Å². The smallest absolute Gasteiger partial charge is 0.233 e. The molecule has 0 aliphatic heterocycles. The standard InChI is InChI=1S/C5H7N2O2S/c1-2-10(8,9)7-4-3-6-5-7/h3-4H,2H2,1H3. The van der Waals surface area contributed by atoms with E-state index in [1.165, 1.54) is 12.4 Å². The Kier molecular flexibility index (Phi) is 1.76. The molecule has 0 fully saturated rings. The van der Waals surface area contributed by atoms with Crippen molar-refractivity contribution in [3.63, 3.8) is 0 Å². The second-order valence-corrected chi connectivity index (χ2v) is 3.86. The molecule has 0 bridgehead atoms. The molecule has 1 rings (SSSR count). The van der Waals surface area contributed by atoms with Gasteiger partial charge in [-0.15, -0.1) is 0 Å². The first-order valence-electron chi connectivity index (χ1n) is 2.81. The van der Waals surface area contributed by atoms with Gasteiger partial charge in [-0.3, -0.25) is 0 Å². The molecule has 1 radical (unpaired) electrons. The first kappa shape index (κ1) is 7.27. The zero-order valence-electron chi connectivity index (χ0n) is 5.48. The van der Waals surface area contributed by atoms with Crippen molar-refractivity contribution in [2.24, 2.45) is 0 Å². The van der Waals surface area contributed by atoms with Crippen molar-refractivity contribution in [1.29, 1.82) is 0 Å². The molecule has 0 saturated heterocycles. The van der Waals surface area contributed by atoms with Gasteiger partial charge in [0.15, 0.2) is 6.33 Å². The highest BCUT2D eigenvalue weighted by molar-refractivity contribution is 7.89. The molecule has 0 unspecified atom stereocenters. The normalized spacial score (nSPS) is 11.7. The van der Waals surface area contributed by atoms with E-state index < -0.39 is 10.0 Å². The van der Waals surface area contributed by atoms with E-state index in [0.717, 1.165) is 3.97 Å². The maximum Gasteiger partial charge on any atom is 0.240 e. The number of rotatable bonds is 2. The zero-order valence-corrected chi connectivity index (χ0v) is 6.30. The van der Waals surface area contributed by atoms with Crippen LogP contribution in [0.2, 0.25) is 0 Å². The van der Waals surface area contributed by atoms with Crippen LogP contribution in [0.5, 0.6) is 0 Å². The van der Waals surface area contributed by atoms with Crippen LogP contribution in [0.15, 0.2) is 12.4 Å². The maximum absolute atomic E-state index is 11.0. The van der Waals surface area contributed by atoms with Crippen LogP contribution in [0, 0.1) is 6.33 Å². The molecule has 1 aromatic heterocycles. The molecule has 0 amide bonds. The molecular formula is C5H7N2O2S. The minimum atomic E-state index is -3.16. The van der Waals surface area contributed by atoms with Crippen LogP contribution in [0.3, 0.4) is 0 Å². The number of aromatic nitrogens is 2. The lowest BCUT2D eigenvalue weighted by molar-refractivity contribution is 0.588. The molecule has 0 saturated carbocycles. The fourth-order valence-corrected chi connectivity index (χ4v) is 1.20. The van der Waals surface area contributed by atoms with Crippen LogP contribution in [0.25, 0.3) is 0 Å². The molecule has 0 N–H and O–H groups in total. The number of imidazole rings is 1. The van der Waals surface area contributed by atoms with Crippen molar-refractivity contribution in [3.05, 3.63) is 18.7 Å². The van der Waals surface area contributed by atoms with Crippen molar-refractivity contribution in [2.45, 2.75) is 6.92 Å². The average molecular weight is 159 g/mol. The molecule has 5 heteroatoms. The van der Waals surface area contributed by atoms with E-state index in [9.17, 15) is 8.42 Å². The lowest BCUT2D eigenvalue weighted by Crippen LogP contribution is -2.12. The van der Waals surface area contributed by atoms with Crippen LogP contribution in [0.1, 0.15) is 6.92 Å². The second-order valence-electron chi connectivity index (χ2n) is 1.72. The van der Waals surface area contributed by atoms with Crippen LogP contribution < -0.4 is 0 Å². The van der Waals surface area contributed by atoms with Crippen LogP contribution in [-0.4, -0.2) is 23.1 Å². The summed E-state index contributed by atoms with van der Waals surface area (Å²) in [6.07, 6.45) is 5.05. The fourth-order valence-electron chi connectivity index (χ4n) is 0.511. The van der Waals surface area contributed by atoms with Gasteiger partial charge >= 0.3 is 0 Å². The van der Waals surface area contributed by atoms with E-state index in [1.54, 1.807) is 6.92 Å². The third-order valence-electron chi connectivity index (χ3n) is 1.10. The van der Waals surface area contributed by atoms with Gasteiger partial charge in [0.05, 0.1) is 5.75 Å². The van der Waals surface area contributed by atoms with E-state index in [0.29, 0.717) is 0 Å². The zero-order chi connectivity index (χ0) is 7.61. The summed E-state index contributed by atoms with van der Waals surface area (Å²) in [5.74, 6) is 0.0693. The molecule has 0 aliphatic rings. The molecule has 10 heavy (non-hydrogen) atoms. The Bertz CT molecular complexity index is 287. The molecule has 1 aromatic rings. The van der Waals surface area contributed by atoms with Gasteiger partial charge < -0.3 is 0 Å². The fraction of sp³-hybridized carbons (Fsp3) is 0.400. The van der Waals surface area contributed by atoms with Crippen molar-refractivity contribution >= 4 is 10.0 Å². The summed E-state index contributed by atoms with van der Waals surface area (Å²) in [5, 5.41) is 0. The summed E-state index contributed by atoms with van der Waals surface area (Å²) in [5.41, 5.74) is 0. The molecule has 0 aromatic carbocycles. The van der Waals surface area contributed by atoms with Crippen LogP contribution in [-0.2, 0) is 10.0 Å². The van der Waals surface area contributed by atoms with Gasteiger partial charge in [-0.1, -0.05) is 0 Å². The number of nitrogens with zero attached hydrogens (tertiary/aromatic N) is 2. The lowest BCUT2D eigenvalue weighted by Gasteiger charge is -1.97. The highest BCUT2D eigenvalue weighted by atomic mass is 32.2. The third kappa shape index (κ3) is 1.18. The lowest BCUT2D eigenvalue weighted by atomic mass is 11.0. The third-order valence-corrected chi connectivity index (χ3v) is 2.63. The van der Waals surface area contributed by atoms with Crippen molar-refractivity contribution in [1.82, 2.24) is 8.96 Å². The van der Waals surface area contributed by atoms with Crippen LogP contribution >= 0.6 is 0 Å². The Morgan fingerprint density at radius 3 is 2.80 bits per heavy atom. The van der Waals surface area contributed by atoms with Gasteiger partial charge in [0, 0.05) is 12.4 Å². The van der Waals surface area contributed by atoms with E-state index in [-0.39, 0.29) is 5.75 Å². The molecule has 1 heterocycles. The molecule has 0 atom stereocenters.